The summed E-state index contributed by atoms with van der Waals surface area (Å²) in [6, 6.07) is 9.76. The molecule has 27 heavy (non-hydrogen) atoms. The number of aromatic nitrogens is 2. The van der Waals surface area contributed by atoms with Crippen molar-refractivity contribution in [3.05, 3.63) is 54.1 Å². The Bertz CT molecular complexity index is 828. The van der Waals surface area contributed by atoms with E-state index in [1.807, 2.05) is 47.1 Å². The first-order valence-corrected chi connectivity index (χ1v) is 9.03. The van der Waals surface area contributed by atoms with Crippen molar-refractivity contribution in [2.24, 2.45) is 5.10 Å². The summed E-state index contributed by atoms with van der Waals surface area (Å²) in [6.45, 7) is 3.71. The highest BCUT2D eigenvalue weighted by atomic mass is 19.1. The van der Waals surface area contributed by atoms with Crippen molar-refractivity contribution < 1.29 is 9.18 Å². The summed E-state index contributed by atoms with van der Waals surface area (Å²) in [5, 5.41) is 5.91. The first kappa shape index (κ1) is 17.4. The van der Waals surface area contributed by atoms with Crippen LogP contribution in [0, 0.1) is 5.82 Å². The van der Waals surface area contributed by atoms with E-state index in [9.17, 15) is 9.18 Å². The van der Waals surface area contributed by atoms with E-state index in [4.69, 9.17) is 0 Å². The SMILES string of the molecule is C[C@H]1CN(c2ncc(F)cn2)CCN1C(=O)N1N=CCC1c1ccccc1. The number of rotatable bonds is 2. The lowest BCUT2D eigenvalue weighted by Crippen LogP contribution is -2.57. The number of piperazine rings is 1. The van der Waals surface area contributed by atoms with Crippen LogP contribution in [0.15, 0.2) is 47.8 Å². The third-order valence-corrected chi connectivity index (χ3v) is 4.97. The van der Waals surface area contributed by atoms with E-state index in [1.54, 1.807) is 11.2 Å². The van der Waals surface area contributed by atoms with Gasteiger partial charge in [-0.1, -0.05) is 30.3 Å². The van der Waals surface area contributed by atoms with E-state index in [0.29, 0.717) is 32.0 Å². The van der Waals surface area contributed by atoms with E-state index in [1.165, 1.54) is 0 Å². The third-order valence-electron chi connectivity index (χ3n) is 4.97. The zero-order valence-corrected chi connectivity index (χ0v) is 15.1. The van der Waals surface area contributed by atoms with Crippen molar-refractivity contribution in [1.82, 2.24) is 19.9 Å². The molecule has 1 fully saturated rings. The van der Waals surface area contributed by atoms with Gasteiger partial charge in [0.25, 0.3) is 0 Å². The van der Waals surface area contributed by atoms with Crippen molar-refractivity contribution in [3.8, 4) is 0 Å². The number of hydrazone groups is 1. The van der Waals surface area contributed by atoms with Crippen molar-refractivity contribution in [3.63, 3.8) is 0 Å². The van der Waals surface area contributed by atoms with Gasteiger partial charge in [0.1, 0.15) is 0 Å². The Morgan fingerprint density at radius 2 is 1.89 bits per heavy atom. The molecule has 1 unspecified atom stereocenters. The molecule has 4 rings (SSSR count). The average Bonchev–Trinajstić information content (AvgIpc) is 3.18. The quantitative estimate of drug-likeness (QED) is 0.818. The normalized spacial score (nSPS) is 22.4. The molecular weight excluding hydrogens is 347 g/mol. The molecule has 2 aliphatic heterocycles. The Hall–Kier alpha value is -3.03. The van der Waals surface area contributed by atoms with E-state index in [-0.39, 0.29) is 18.1 Å². The second-order valence-electron chi connectivity index (χ2n) is 6.78. The van der Waals surface area contributed by atoms with Crippen LogP contribution in [0.2, 0.25) is 0 Å². The lowest BCUT2D eigenvalue weighted by molar-refractivity contribution is 0.121. The average molecular weight is 368 g/mol. The van der Waals surface area contributed by atoms with Crippen molar-refractivity contribution in [2.75, 3.05) is 24.5 Å². The van der Waals surface area contributed by atoms with E-state index < -0.39 is 5.82 Å². The number of hydrogen-bond acceptors (Lipinski definition) is 5. The number of nitrogens with zero attached hydrogens (tertiary/aromatic N) is 6. The van der Waals surface area contributed by atoms with Gasteiger partial charge in [0, 0.05) is 38.3 Å². The summed E-state index contributed by atoms with van der Waals surface area (Å²) < 4.78 is 13.0. The molecule has 2 aromatic rings. The second kappa shape index (κ2) is 7.30. The van der Waals surface area contributed by atoms with Gasteiger partial charge in [-0.3, -0.25) is 0 Å². The first-order chi connectivity index (χ1) is 13.1. The second-order valence-corrected chi connectivity index (χ2v) is 6.78. The fraction of sp³-hybridized carbons (Fsp3) is 0.368. The Balaban J connectivity index is 1.45. The smallest absolute Gasteiger partial charge is 0.337 e. The molecule has 7 nitrogen and oxygen atoms in total. The molecule has 1 saturated heterocycles. The van der Waals surface area contributed by atoms with E-state index in [0.717, 1.165) is 18.0 Å². The molecule has 2 atom stereocenters. The van der Waals surface area contributed by atoms with E-state index in [2.05, 4.69) is 15.1 Å². The van der Waals surface area contributed by atoms with Gasteiger partial charge in [-0.05, 0) is 12.5 Å². The van der Waals surface area contributed by atoms with Gasteiger partial charge in [0.2, 0.25) is 5.95 Å². The standard InChI is InChI=1S/C19H21FN6O/c1-14-13-24(18-21-11-16(20)12-22-18)9-10-25(14)19(27)26-17(7-8-23-26)15-5-3-2-4-6-15/h2-6,8,11-12,14,17H,7,9-10,13H2,1H3/t14-,17?/m0/s1. The summed E-state index contributed by atoms with van der Waals surface area (Å²) in [4.78, 5) is 25.0. The van der Waals surface area contributed by atoms with Gasteiger partial charge in [0.05, 0.1) is 18.4 Å². The summed E-state index contributed by atoms with van der Waals surface area (Å²) in [5.41, 5.74) is 1.08. The van der Waals surface area contributed by atoms with Crippen LogP contribution in [-0.4, -0.2) is 57.8 Å². The predicted octanol–water partition coefficient (Wildman–Crippen LogP) is 2.68. The fourth-order valence-electron chi connectivity index (χ4n) is 3.57. The van der Waals surface area contributed by atoms with Crippen LogP contribution in [0.3, 0.4) is 0 Å². The van der Waals surface area contributed by atoms with Crippen LogP contribution in [0.1, 0.15) is 24.9 Å². The highest BCUT2D eigenvalue weighted by molar-refractivity contribution is 5.79. The Labute approximate surface area is 157 Å². The molecule has 0 aliphatic carbocycles. The minimum atomic E-state index is -0.459. The minimum Gasteiger partial charge on any atom is -0.337 e. The number of hydrogen-bond donors (Lipinski definition) is 0. The molecule has 0 bridgehead atoms. The molecule has 3 heterocycles. The first-order valence-electron chi connectivity index (χ1n) is 9.03. The van der Waals surface area contributed by atoms with Crippen LogP contribution < -0.4 is 4.90 Å². The number of amides is 2. The zero-order chi connectivity index (χ0) is 18.8. The summed E-state index contributed by atoms with van der Waals surface area (Å²) in [6.07, 6.45) is 4.83. The summed E-state index contributed by atoms with van der Waals surface area (Å²) in [7, 11) is 0. The Kier molecular flexibility index (Phi) is 4.70. The number of carbonyl (C=O) groups excluding carboxylic acids is 1. The fourth-order valence-corrected chi connectivity index (χ4v) is 3.57. The van der Waals surface area contributed by atoms with Crippen molar-refractivity contribution in [2.45, 2.75) is 25.4 Å². The molecule has 0 N–H and O–H groups in total. The number of benzene rings is 1. The van der Waals surface area contributed by atoms with Gasteiger partial charge in [-0.25, -0.2) is 24.2 Å². The molecule has 8 heteroatoms. The Morgan fingerprint density at radius 1 is 1.15 bits per heavy atom. The lowest BCUT2D eigenvalue weighted by Gasteiger charge is -2.41. The topological polar surface area (TPSA) is 64.9 Å². The zero-order valence-electron chi connectivity index (χ0n) is 15.1. The Morgan fingerprint density at radius 3 is 2.59 bits per heavy atom. The van der Waals surface area contributed by atoms with Crippen molar-refractivity contribution >= 4 is 18.2 Å². The highest BCUT2D eigenvalue weighted by Gasteiger charge is 2.36. The van der Waals surface area contributed by atoms with Gasteiger partial charge >= 0.3 is 6.03 Å². The molecule has 2 aliphatic rings. The minimum absolute atomic E-state index is 0.0351. The number of urea groups is 1. The van der Waals surface area contributed by atoms with Crippen LogP contribution >= 0.6 is 0 Å². The van der Waals surface area contributed by atoms with Gasteiger partial charge in [0.15, 0.2) is 5.82 Å². The van der Waals surface area contributed by atoms with Crippen molar-refractivity contribution in [1.29, 1.82) is 0 Å². The molecule has 140 valence electrons. The van der Waals surface area contributed by atoms with Gasteiger partial charge < -0.3 is 9.80 Å². The number of carbonyl (C=O) groups is 1. The van der Waals surface area contributed by atoms with Crippen LogP contribution in [0.5, 0.6) is 0 Å². The van der Waals surface area contributed by atoms with Crippen LogP contribution in [0.4, 0.5) is 15.1 Å². The third kappa shape index (κ3) is 3.47. The molecule has 1 aromatic carbocycles. The summed E-state index contributed by atoms with van der Waals surface area (Å²) in [5.74, 6) is 0.0242. The van der Waals surface area contributed by atoms with E-state index >= 15 is 0 Å². The summed E-state index contributed by atoms with van der Waals surface area (Å²) >= 11 is 0. The maximum atomic E-state index is 13.1. The lowest BCUT2D eigenvalue weighted by atomic mass is 10.0. The van der Waals surface area contributed by atoms with Gasteiger partial charge in [-0.2, -0.15) is 5.10 Å². The molecule has 0 spiro atoms. The molecule has 1 aromatic heterocycles. The van der Waals surface area contributed by atoms with Crippen LogP contribution in [0.25, 0.3) is 0 Å². The molecule has 2 amide bonds. The predicted molar refractivity (Wildman–Crippen MR) is 99.9 cm³/mol. The number of halogens is 1. The highest BCUT2D eigenvalue weighted by Crippen LogP contribution is 2.30. The van der Waals surface area contributed by atoms with Gasteiger partial charge in [-0.15, -0.1) is 0 Å². The molecular formula is C19H21FN6O. The maximum Gasteiger partial charge on any atom is 0.341 e. The molecule has 0 saturated carbocycles. The molecule has 0 radical (unpaired) electrons. The maximum absolute atomic E-state index is 13.1. The van der Waals surface area contributed by atoms with Crippen LogP contribution in [-0.2, 0) is 0 Å². The monoisotopic (exact) mass is 368 g/mol. The number of anilines is 1. The largest absolute Gasteiger partial charge is 0.341 e.